The van der Waals surface area contributed by atoms with E-state index in [1.165, 1.54) is 6.07 Å². The summed E-state index contributed by atoms with van der Waals surface area (Å²) in [5.41, 5.74) is -0.141. The fourth-order valence-corrected chi connectivity index (χ4v) is 2.54. The van der Waals surface area contributed by atoms with Gasteiger partial charge in [-0.15, -0.1) is 0 Å². The normalized spacial score (nSPS) is 21.9. The summed E-state index contributed by atoms with van der Waals surface area (Å²) in [6.45, 7) is 4.06. The summed E-state index contributed by atoms with van der Waals surface area (Å²) in [6, 6.07) is 2.22. The second kappa shape index (κ2) is 4.63. The van der Waals surface area contributed by atoms with Crippen molar-refractivity contribution in [1.82, 2.24) is 4.98 Å². The minimum Gasteiger partial charge on any atom is -0.322 e. The van der Waals surface area contributed by atoms with E-state index in [1.54, 1.807) is 0 Å². The van der Waals surface area contributed by atoms with Crippen LogP contribution in [0.15, 0.2) is 12.1 Å². The van der Waals surface area contributed by atoms with Crippen molar-refractivity contribution in [3.05, 3.63) is 24.0 Å². The number of pyridine rings is 1. The Morgan fingerprint density at radius 3 is 2.72 bits per heavy atom. The van der Waals surface area contributed by atoms with Gasteiger partial charge in [0.25, 0.3) is 0 Å². The van der Waals surface area contributed by atoms with Crippen molar-refractivity contribution in [2.45, 2.75) is 33.1 Å². The number of anilines is 1. The maximum absolute atomic E-state index is 13.3. The Hall–Kier alpha value is -1.52. The molecule has 1 aromatic heterocycles. The maximum Gasteiger partial charge on any atom is 0.239 e. The molecule has 0 aliphatic heterocycles. The third kappa shape index (κ3) is 2.49. The molecule has 1 amide bonds. The lowest BCUT2D eigenvalue weighted by Gasteiger charge is -2.25. The van der Waals surface area contributed by atoms with Crippen molar-refractivity contribution in [3.63, 3.8) is 0 Å². The first-order chi connectivity index (χ1) is 8.40. The zero-order valence-electron chi connectivity index (χ0n) is 10.5. The van der Waals surface area contributed by atoms with E-state index in [1.807, 2.05) is 13.8 Å². The molecule has 0 aromatic carbocycles. The van der Waals surface area contributed by atoms with E-state index >= 15 is 0 Å². The van der Waals surface area contributed by atoms with E-state index < -0.39 is 11.9 Å². The Kier molecular flexibility index (Phi) is 3.32. The summed E-state index contributed by atoms with van der Waals surface area (Å²) in [6.07, 6.45) is 2.78. The van der Waals surface area contributed by atoms with E-state index in [2.05, 4.69) is 10.3 Å². The lowest BCUT2D eigenvalue weighted by atomic mass is 9.81. The highest BCUT2D eigenvalue weighted by atomic mass is 19.1. The molecule has 0 bridgehead atoms. The van der Waals surface area contributed by atoms with E-state index in [0.29, 0.717) is 0 Å². The van der Waals surface area contributed by atoms with Gasteiger partial charge in [0.05, 0.1) is 5.69 Å². The molecular formula is C13H16F2N2O. The number of nitrogens with zero attached hydrogens (tertiary/aromatic N) is 1. The number of nitrogens with one attached hydrogen (secondary N) is 1. The first-order valence-corrected chi connectivity index (χ1v) is 6.03. The Labute approximate surface area is 105 Å². The van der Waals surface area contributed by atoms with Gasteiger partial charge in [-0.2, -0.15) is 13.8 Å². The third-order valence-corrected chi connectivity index (χ3v) is 3.65. The van der Waals surface area contributed by atoms with Crippen LogP contribution < -0.4 is 5.32 Å². The molecule has 1 aromatic rings. The van der Waals surface area contributed by atoms with Crippen LogP contribution in [0.1, 0.15) is 33.1 Å². The zero-order chi connectivity index (χ0) is 13.3. The first-order valence-electron chi connectivity index (χ1n) is 6.03. The molecule has 1 N–H and O–H groups in total. The van der Waals surface area contributed by atoms with Gasteiger partial charge < -0.3 is 5.32 Å². The van der Waals surface area contributed by atoms with Gasteiger partial charge >= 0.3 is 0 Å². The van der Waals surface area contributed by atoms with Crippen molar-refractivity contribution in [3.8, 4) is 0 Å². The minimum atomic E-state index is -0.987. The van der Waals surface area contributed by atoms with E-state index in [9.17, 15) is 13.6 Å². The second-order valence-electron chi connectivity index (χ2n) is 5.39. The number of halogens is 2. The zero-order valence-corrected chi connectivity index (χ0v) is 10.5. The Morgan fingerprint density at radius 2 is 2.17 bits per heavy atom. The van der Waals surface area contributed by atoms with Gasteiger partial charge in [0.15, 0.2) is 0 Å². The van der Waals surface area contributed by atoms with Crippen molar-refractivity contribution in [2.24, 2.45) is 11.3 Å². The topological polar surface area (TPSA) is 42.0 Å². The van der Waals surface area contributed by atoms with Crippen LogP contribution in [0.5, 0.6) is 0 Å². The van der Waals surface area contributed by atoms with Gasteiger partial charge in [-0.3, -0.25) is 4.79 Å². The van der Waals surface area contributed by atoms with Crippen LogP contribution in [-0.4, -0.2) is 10.9 Å². The lowest BCUT2D eigenvalue weighted by molar-refractivity contribution is -0.122. The molecule has 1 fully saturated rings. The minimum absolute atomic E-state index is 0.0656. The summed E-state index contributed by atoms with van der Waals surface area (Å²) in [5, 5.41) is 2.49. The van der Waals surface area contributed by atoms with Crippen LogP contribution in [-0.2, 0) is 4.79 Å². The molecule has 0 radical (unpaired) electrons. The van der Waals surface area contributed by atoms with Crippen LogP contribution in [0.25, 0.3) is 0 Å². The molecule has 1 aliphatic carbocycles. The van der Waals surface area contributed by atoms with Gasteiger partial charge in [-0.05, 0) is 30.4 Å². The van der Waals surface area contributed by atoms with Crippen molar-refractivity contribution < 1.29 is 13.6 Å². The fraction of sp³-hybridized carbons (Fsp3) is 0.538. The molecule has 1 aliphatic rings. The van der Waals surface area contributed by atoms with Crippen LogP contribution >= 0.6 is 0 Å². The maximum atomic E-state index is 13.3. The molecule has 2 rings (SSSR count). The number of hydrogen-bond acceptors (Lipinski definition) is 2. The standard InChI is InChI=1S/C13H16F2N2O/c1-13(2)7-3-4-8(13)12(18)16-9-5-6-10(14)17-11(9)15/h5-6,8H,3-4,7H2,1-2H3,(H,16,18). The monoisotopic (exact) mass is 254 g/mol. The quantitative estimate of drug-likeness (QED) is 0.824. The molecule has 18 heavy (non-hydrogen) atoms. The number of rotatable bonds is 2. The van der Waals surface area contributed by atoms with Gasteiger partial charge in [0.2, 0.25) is 17.8 Å². The Balaban J connectivity index is 2.12. The molecule has 1 heterocycles. The van der Waals surface area contributed by atoms with Crippen LogP contribution in [0.2, 0.25) is 0 Å². The molecular weight excluding hydrogens is 238 g/mol. The molecule has 1 saturated carbocycles. The molecule has 1 atom stereocenters. The SMILES string of the molecule is CC1(C)CCCC1C(=O)Nc1ccc(F)nc1F. The molecule has 0 spiro atoms. The molecule has 5 heteroatoms. The van der Waals surface area contributed by atoms with Crippen molar-refractivity contribution in [2.75, 3.05) is 5.32 Å². The van der Waals surface area contributed by atoms with Gasteiger partial charge in [0.1, 0.15) is 0 Å². The van der Waals surface area contributed by atoms with Crippen LogP contribution in [0.4, 0.5) is 14.5 Å². The van der Waals surface area contributed by atoms with Gasteiger partial charge in [-0.25, -0.2) is 0 Å². The number of aromatic nitrogens is 1. The van der Waals surface area contributed by atoms with E-state index in [0.717, 1.165) is 25.3 Å². The average molecular weight is 254 g/mol. The summed E-state index contributed by atoms with van der Waals surface area (Å²) < 4.78 is 26.0. The van der Waals surface area contributed by atoms with E-state index in [4.69, 9.17) is 0 Å². The highest BCUT2D eigenvalue weighted by Crippen LogP contribution is 2.43. The van der Waals surface area contributed by atoms with Gasteiger partial charge in [0, 0.05) is 5.92 Å². The Bertz CT molecular complexity index is 474. The predicted octanol–water partition coefficient (Wildman–Crippen LogP) is 3.12. The molecule has 98 valence electrons. The van der Waals surface area contributed by atoms with Crippen LogP contribution in [0, 0.1) is 23.2 Å². The third-order valence-electron chi connectivity index (χ3n) is 3.65. The highest BCUT2D eigenvalue weighted by molar-refractivity contribution is 5.93. The van der Waals surface area contributed by atoms with Crippen LogP contribution in [0.3, 0.4) is 0 Å². The summed E-state index contributed by atoms with van der Waals surface area (Å²) in [5.74, 6) is -2.24. The average Bonchev–Trinajstić information content (AvgIpc) is 2.62. The molecule has 0 saturated heterocycles. The predicted molar refractivity (Wildman–Crippen MR) is 63.9 cm³/mol. The smallest absolute Gasteiger partial charge is 0.239 e. The fourth-order valence-electron chi connectivity index (χ4n) is 2.54. The number of hydrogen-bond donors (Lipinski definition) is 1. The van der Waals surface area contributed by atoms with Gasteiger partial charge in [-0.1, -0.05) is 20.3 Å². The Morgan fingerprint density at radius 1 is 1.44 bits per heavy atom. The summed E-state index contributed by atoms with van der Waals surface area (Å²) in [4.78, 5) is 15.1. The number of carbonyl (C=O) groups is 1. The summed E-state index contributed by atoms with van der Waals surface area (Å²) >= 11 is 0. The molecule has 3 nitrogen and oxygen atoms in total. The second-order valence-corrected chi connectivity index (χ2v) is 5.39. The van der Waals surface area contributed by atoms with Crippen molar-refractivity contribution in [1.29, 1.82) is 0 Å². The largest absolute Gasteiger partial charge is 0.322 e. The summed E-state index contributed by atoms with van der Waals surface area (Å²) in [7, 11) is 0. The van der Waals surface area contributed by atoms with E-state index in [-0.39, 0.29) is 22.9 Å². The lowest BCUT2D eigenvalue weighted by Crippen LogP contribution is -2.31. The number of carbonyl (C=O) groups excluding carboxylic acids is 1. The highest BCUT2D eigenvalue weighted by Gasteiger charge is 2.39. The molecule has 1 unspecified atom stereocenters. The number of amides is 1. The first kappa shape index (κ1) is 12.9. The van der Waals surface area contributed by atoms with Crippen molar-refractivity contribution >= 4 is 11.6 Å².